The Morgan fingerprint density at radius 3 is 2.32 bits per heavy atom. The van der Waals surface area contributed by atoms with Crippen LogP contribution in [0.2, 0.25) is 0 Å². The first-order valence-corrected chi connectivity index (χ1v) is 7.78. The Labute approximate surface area is 117 Å². The van der Waals surface area contributed by atoms with Gasteiger partial charge < -0.3 is 15.7 Å². The molecule has 0 unspecified atom stereocenters. The van der Waals surface area contributed by atoms with Gasteiger partial charge in [-0.1, -0.05) is 13.8 Å². The molecule has 1 saturated carbocycles. The Bertz CT molecular complexity index is 259. The van der Waals surface area contributed by atoms with Crippen molar-refractivity contribution in [2.24, 2.45) is 11.7 Å². The van der Waals surface area contributed by atoms with E-state index in [1.54, 1.807) is 0 Å². The molecular formula is C15H30N2O2. The van der Waals surface area contributed by atoms with Crippen LogP contribution in [0.15, 0.2) is 0 Å². The molecule has 0 spiro atoms. The second kappa shape index (κ2) is 8.54. The van der Waals surface area contributed by atoms with Gasteiger partial charge in [-0.2, -0.15) is 0 Å². The first kappa shape index (κ1) is 16.4. The molecule has 19 heavy (non-hydrogen) atoms. The van der Waals surface area contributed by atoms with Crippen molar-refractivity contribution in [3.8, 4) is 0 Å². The fourth-order valence-electron chi connectivity index (χ4n) is 3.10. The van der Waals surface area contributed by atoms with Gasteiger partial charge in [-0.05, 0) is 44.4 Å². The van der Waals surface area contributed by atoms with Gasteiger partial charge in [-0.15, -0.1) is 0 Å². The standard InChI is InChI=1S/C15H30N2O2/c1-3-14(4-2)17(9-10-18)15(19)11-12-5-7-13(16)8-6-12/h12-14,18H,3-11,16H2,1-2H3. The molecule has 0 atom stereocenters. The average Bonchev–Trinajstić information content (AvgIpc) is 2.41. The number of aliphatic hydroxyl groups is 1. The molecule has 1 rings (SSSR count). The third-order valence-electron chi connectivity index (χ3n) is 4.40. The van der Waals surface area contributed by atoms with Gasteiger partial charge in [-0.25, -0.2) is 0 Å². The molecule has 1 aliphatic rings. The van der Waals surface area contributed by atoms with Crippen LogP contribution in [0, 0.1) is 5.92 Å². The topological polar surface area (TPSA) is 66.6 Å². The predicted molar refractivity (Wildman–Crippen MR) is 77.7 cm³/mol. The van der Waals surface area contributed by atoms with Crippen molar-refractivity contribution in [2.45, 2.75) is 70.9 Å². The Morgan fingerprint density at radius 2 is 1.84 bits per heavy atom. The fourth-order valence-corrected chi connectivity index (χ4v) is 3.10. The molecule has 0 aromatic carbocycles. The van der Waals surface area contributed by atoms with Gasteiger partial charge in [0.05, 0.1) is 6.61 Å². The van der Waals surface area contributed by atoms with E-state index in [2.05, 4.69) is 13.8 Å². The normalized spacial score (nSPS) is 23.6. The maximum absolute atomic E-state index is 12.4. The minimum absolute atomic E-state index is 0.0534. The van der Waals surface area contributed by atoms with Crippen molar-refractivity contribution in [1.29, 1.82) is 0 Å². The number of rotatable bonds is 7. The Kier molecular flexibility index (Phi) is 7.39. The molecule has 112 valence electrons. The van der Waals surface area contributed by atoms with Crippen molar-refractivity contribution in [3.63, 3.8) is 0 Å². The summed E-state index contributed by atoms with van der Waals surface area (Å²) in [5.74, 6) is 0.700. The average molecular weight is 270 g/mol. The number of hydrogen-bond acceptors (Lipinski definition) is 3. The van der Waals surface area contributed by atoms with Crippen molar-refractivity contribution in [3.05, 3.63) is 0 Å². The number of nitrogens with two attached hydrogens (primary N) is 1. The lowest BCUT2D eigenvalue weighted by Crippen LogP contribution is -2.42. The summed E-state index contributed by atoms with van der Waals surface area (Å²) in [6.45, 7) is 4.73. The van der Waals surface area contributed by atoms with Crippen LogP contribution < -0.4 is 5.73 Å². The van der Waals surface area contributed by atoms with Gasteiger partial charge in [0.15, 0.2) is 0 Å². The summed E-state index contributed by atoms with van der Waals surface area (Å²) in [7, 11) is 0. The third-order valence-corrected chi connectivity index (χ3v) is 4.40. The first-order chi connectivity index (χ1) is 9.12. The molecule has 0 aliphatic heterocycles. The predicted octanol–water partition coefficient (Wildman–Crippen LogP) is 1.90. The minimum atomic E-state index is 0.0534. The number of carbonyl (C=O) groups is 1. The van der Waals surface area contributed by atoms with Crippen LogP contribution in [0.25, 0.3) is 0 Å². The van der Waals surface area contributed by atoms with E-state index in [1.165, 1.54) is 0 Å². The van der Waals surface area contributed by atoms with Crippen LogP contribution in [-0.4, -0.2) is 41.1 Å². The van der Waals surface area contributed by atoms with E-state index in [4.69, 9.17) is 10.8 Å². The lowest BCUT2D eigenvalue weighted by molar-refractivity contribution is -0.135. The summed E-state index contributed by atoms with van der Waals surface area (Å²) in [6, 6.07) is 0.601. The highest BCUT2D eigenvalue weighted by Gasteiger charge is 2.26. The molecule has 4 nitrogen and oxygen atoms in total. The van der Waals surface area contributed by atoms with Gasteiger partial charge >= 0.3 is 0 Å². The van der Waals surface area contributed by atoms with Gasteiger partial charge in [0.25, 0.3) is 0 Å². The van der Waals surface area contributed by atoms with E-state index < -0.39 is 0 Å². The molecule has 0 radical (unpaired) electrons. The molecule has 0 bridgehead atoms. The van der Waals surface area contributed by atoms with Gasteiger partial charge in [0.1, 0.15) is 0 Å². The quantitative estimate of drug-likeness (QED) is 0.742. The number of amides is 1. The number of aliphatic hydroxyl groups excluding tert-OH is 1. The summed E-state index contributed by atoms with van der Waals surface area (Å²) < 4.78 is 0. The summed E-state index contributed by atoms with van der Waals surface area (Å²) in [5.41, 5.74) is 5.90. The van der Waals surface area contributed by atoms with E-state index in [-0.39, 0.29) is 18.6 Å². The summed E-state index contributed by atoms with van der Waals surface area (Å²) in [5, 5.41) is 9.16. The molecular weight excluding hydrogens is 240 g/mol. The van der Waals surface area contributed by atoms with Crippen molar-refractivity contribution >= 4 is 5.91 Å². The van der Waals surface area contributed by atoms with Crippen LogP contribution in [0.1, 0.15) is 58.8 Å². The lowest BCUT2D eigenvalue weighted by Gasteiger charge is -2.33. The third kappa shape index (κ3) is 5.11. The molecule has 1 aliphatic carbocycles. The van der Waals surface area contributed by atoms with E-state index in [1.807, 2.05) is 4.90 Å². The number of nitrogens with zero attached hydrogens (tertiary/aromatic N) is 1. The minimum Gasteiger partial charge on any atom is -0.395 e. The summed E-state index contributed by atoms with van der Waals surface area (Å²) in [4.78, 5) is 14.3. The highest BCUT2D eigenvalue weighted by Crippen LogP contribution is 2.27. The van der Waals surface area contributed by atoms with Crippen molar-refractivity contribution in [2.75, 3.05) is 13.2 Å². The van der Waals surface area contributed by atoms with E-state index in [9.17, 15) is 4.79 Å². The first-order valence-electron chi connectivity index (χ1n) is 7.78. The fraction of sp³-hybridized carbons (Fsp3) is 0.933. The zero-order chi connectivity index (χ0) is 14.3. The van der Waals surface area contributed by atoms with Crippen molar-refractivity contribution < 1.29 is 9.90 Å². The molecule has 1 fully saturated rings. The highest BCUT2D eigenvalue weighted by molar-refractivity contribution is 5.76. The molecule has 0 heterocycles. The zero-order valence-corrected chi connectivity index (χ0v) is 12.5. The second-order valence-electron chi connectivity index (χ2n) is 5.77. The molecule has 1 amide bonds. The Morgan fingerprint density at radius 1 is 1.26 bits per heavy atom. The van der Waals surface area contributed by atoms with Gasteiger partial charge in [0, 0.05) is 25.0 Å². The van der Waals surface area contributed by atoms with E-state index >= 15 is 0 Å². The number of hydrogen-bond donors (Lipinski definition) is 2. The SMILES string of the molecule is CCC(CC)N(CCO)C(=O)CC1CCC(N)CC1. The van der Waals surface area contributed by atoms with Crippen LogP contribution >= 0.6 is 0 Å². The smallest absolute Gasteiger partial charge is 0.223 e. The van der Waals surface area contributed by atoms with E-state index in [0.29, 0.717) is 24.9 Å². The Hall–Kier alpha value is -0.610. The highest BCUT2D eigenvalue weighted by atomic mass is 16.3. The van der Waals surface area contributed by atoms with Crippen molar-refractivity contribution in [1.82, 2.24) is 4.90 Å². The van der Waals surface area contributed by atoms with Gasteiger partial charge in [-0.3, -0.25) is 4.79 Å². The molecule has 0 aromatic heterocycles. The number of carbonyl (C=O) groups excluding carboxylic acids is 1. The van der Waals surface area contributed by atoms with Gasteiger partial charge in [0.2, 0.25) is 5.91 Å². The maximum atomic E-state index is 12.4. The summed E-state index contributed by atoms with van der Waals surface area (Å²) >= 11 is 0. The molecule has 0 aromatic rings. The second-order valence-corrected chi connectivity index (χ2v) is 5.77. The van der Waals surface area contributed by atoms with Crippen LogP contribution in [-0.2, 0) is 4.79 Å². The maximum Gasteiger partial charge on any atom is 0.223 e. The summed E-state index contributed by atoms with van der Waals surface area (Å²) in [6.07, 6.45) is 6.77. The molecule has 4 heteroatoms. The zero-order valence-electron chi connectivity index (χ0n) is 12.5. The van der Waals surface area contributed by atoms with E-state index in [0.717, 1.165) is 38.5 Å². The van der Waals surface area contributed by atoms with Crippen LogP contribution in [0.3, 0.4) is 0 Å². The lowest BCUT2D eigenvalue weighted by atomic mass is 9.84. The molecule has 0 saturated heterocycles. The Balaban J connectivity index is 2.51. The monoisotopic (exact) mass is 270 g/mol. The molecule has 3 N–H and O–H groups in total. The van der Waals surface area contributed by atoms with Crippen LogP contribution in [0.5, 0.6) is 0 Å². The van der Waals surface area contributed by atoms with Crippen LogP contribution in [0.4, 0.5) is 0 Å². The largest absolute Gasteiger partial charge is 0.395 e.